The van der Waals surface area contributed by atoms with Gasteiger partial charge in [0.15, 0.2) is 0 Å². The van der Waals surface area contributed by atoms with Crippen molar-refractivity contribution in [1.29, 1.82) is 0 Å². The highest BCUT2D eigenvalue weighted by molar-refractivity contribution is 5.01. The van der Waals surface area contributed by atoms with Crippen molar-refractivity contribution < 1.29 is 4.74 Å². The maximum Gasteiger partial charge on any atom is 0.0776 e. The van der Waals surface area contributed by atoms with E-state index in [0.717, 1.165) is 18.7 Å². The average molecular weight is 226 g/mol. The van der Waals surface area contributed by atoms with Crippen LogP contribution in [0.15, 0.2) is 6.20 Å². The van der Waals surface area contributed by atoms with Gasteiger partial charge in [-0.2, -0.15) is 0 Å². The molecule has 0 aromatic carbocycles. The van der Waals surface area contributed by atoms with Crippen LogP contribution in [0, 0.1) is 0 Å². The quantitative estimate of drug-likeness (QED) is 0.761. The summed E-state index contributed by atoms with van der Waals surface area (Å²) in [5, 5.41) is 11.3. The molecule has 0 saturated heterocycles. The molecule has 16 heavy (non-hydrogen) atoms. The molecule has 1 N–H and O–H groups in total. The Kier molecular flexibility index (Phi) is 5.42. The minimum absolute atomic E-state index is 0.169. The summed E-state index contributed by atoms with van der Waals surface area (Å²) in [6.45, 7) is 7.85. The van der Waals surface area contributed by atoms with E-state index in [1.165, 1.54) is 0 Å². The van der Waals surface area contributed by atoms with Crippen LogP contribution in [-0.4, -0.2) is 34.2 Å². The van der Waals surface area contributed by atoms with Gasteiger partial charge in [-0.25, -0.2) is 0 Å². The second-order valence-corrected chi connectivity index (χ2v) is 4.17. The van der Waals surface area contributed by atoms with E-state index < -0.39 is 0 Å². The van der Waals surface area contributed by atoms with E-state index in [0.29, 0.717) is 6.61 Å². The van der Waals surface area contributed by atoms with E-state index in [1.54, 1.807) is 10.9 Å². The molecule has 1 atom stereocenters. The Morgan fingerprint density at radius 3 is 2.75 bits per heavy atom. The van der Waals surface area contributed by atoms with E-state index in [9.17, 15) is 0 Å². The maximum absolute atomic E-state index is 5.65. The van der Waals surface area contributed by atoms with Crippen molar-refractivity contribution in [2.24, 2.45) is 7.05 Å². The van der Waals surface area contributed by atoms with Crippen molar-refractivity contribution in [3.63, 3.8) is 0 Å². The van der Waals surface area contributed by atoms with Gasteiger partial charge < -0.3 is 10.1 Å². The predicted octanol–water partition coefficient (Wildman–Crippen LogP) is 1.28. The van der Waals surface area contributed by atoms with Crippen molar-refractivity contribution in [2.75, 3.05) is 13.2 Å². The molecule has 0 spiro atoms. The van der Waals surface area contributed by atoms with Crippen LogP contribution >= 0.6 is 0 Å². The molecular formula is C11H22N4O. The van der Waals surface area contributed by atoms with E-state index >= 15 is 0 Å². The fourth-order valence-corrected chi connectivity index (χ4v) is 1.47. The van der Waals surface area contributed by atoms with E-state index in [-0.39, 0.29) is 12.1 Å². The highest BCUT2D eigenvalue weighted by Crippen LogP contribution is 2.11. The summed E-state index contributed by atoms with van der Waals surface area (Å²) in [4.78, 5) is 0. The highest BCUT2D eigenvalue weighted by Gasteiger charge is 2.15. The van der Waals surface area contributed by atoms with Crippen molar-refractivity contribution in [1.82, 2.24) is 20.3 Å². The van der Waals surface area contributed by atoms with Crippen LogP contribution in [0.25, 0.3) is 0 Å². The molecule has 0 aliphatic rings. The van der Waals surface area contributed by atoms with Gasteiger partial charge in [-0.05, 0) is 26.8 Å². The van der Waals surface area contributed by atoms with Crippen LogP contribution < -0.4 is 5.32 Å². The molecule has 0 radical (unpaired) electrons. The Balaban J connectivity index is 2.60. The van der Waals surface area contributed by atoms with Gasteiger partial charge in [0, 0.05) is 7.05 Å². The molecule has 0 aliphatic heterocycles. The molecule has 1 aromatic heterocycles. The number of ether oxygens (including phenoxy) is 1. The summed E-state index contributed by atoms with van der Waals surface area (Å²) < 4.78 is 7.44. The highest BCUT2D eigenvalue weighted by atomic mass is 16.5. The average Bonchev–Trinajstić information content (AvgIpc) is 2.65. The van der Waals surface area contributed by atoms with Gasteiger partial charge in [0.2, 0.25) is 0 Å². The lowest BCUT2D eigenvalue weighted by molar-refractivity contribution is 0.0596. The van der Waals surface area contributed by atoms with Crippen LogP contribution in [0.4, 0.5) is 0 Å². The first-order chi connectivity index (χ1) is 7.65. The van der Waals surface area contributed by atoms with Gasteiger partial charge in [0.1, 0.15) is 0 Å². The molecule has 1 rings (SSSR count). The number of hydrogen-bond acceptors (Lipinski definition) is 4. The zero-order valence-corrected chi connectivity index (χ0v) is 10.6. The molecular weight excluding hydrogens is 204 g/mol. The lowest BCUT2D eigenvalue weighted by atomic mass is 10.2. The van der Waals surface area contributed by atoms with Gasteiger partial charge >= 0.3 is 0 Å². The first-order valence-electron chi connectivity index (χ1n) is 5.84. The standard InChI is InChI=1S/C11H22N4O/c1-5-6-12-10(8-16-9(2)3)11-7-13-14-15(11)4/h7,9-10,12H,5-6,8H2,1-4H3. The van der Waals surface area contributed by atoms with Crippen LogP contribution in [0.2, 0.25) is 0 Å². The zero-order chi connectivity index (χ0) is 12.0. The summed E-state index contributed by atoms with van der Waals surface area (Å²) in [7, 11) is 1.90. The third-order valence-corrected chi connectivity index (χ3v) is 2.34. The van der Waals surface area contributed by atoms with Crippen LogP contribution in [0.1, 0.15) is 38.9 Å². The predicted molar refractivity (Wildman–Crippen MR) is 63.1 cm³/mol. The molecule has 0 bridgehead atoms. The summed E-state index contributed by atoms with van der Waals surface area (Å²) >= 11 is 0. The fraction of sp³-hybridized carbons (Fsp3) is 0.818. The maximum atomic E-state index is 5.65. The third-order valence-electron chi connectivity index (χ3n) is 2.34. The number of aryl methyl sites for hydroxylation is 1. The number of nitrogens with one attached hydrogen (secondary N) is 1. The van der Waals surface area contributed by atoms with Gasteiger partial charge in [0.25, 0.3) is 0 Å². The second-order valence-electron chi connectivity index (χ2n) is 4.17. The Bertz CT molecular complexity index is 298. The molecule has 5 heteroatoms. The van der Waals surface area contributed by atoms with Crippen LogP contribution in [0.3, 0.4) is 0 Å². The summed E-state index contributed by atoms with van der Waals surface area (Å²) in [6, 6.07) is 0.169. The van der Waals surface area contributed by atoms with Crippen molar-refractivity contribution in [3.8, 4) is 0 Å². The molecule has 1 aromatic rings. The SMILES string of the molecule is CCCNC(COC(C)C)c1cnnn1C. The van der Waals surface area contributed by atoms with Crippen molar-refractivity contribution >= 4 is 0 Å². The molecule has 1 heterocycles. The summed E-state index contributed by atoms with van der Waals surface area (Å²) in [5.41, 5.74) is 1.06. The topological polar surface area (TPSA) is 52.0 Å². The van der Waals surface area contributed by atoms with E-state index in [1.807, 2.05) is 20.9 Å². The lowest BCUT2D eigenvalue weighted by Crippen LogP contribution is -2.29. The third kappa shape index (κ3) is 3.90. The summed E-state index contributed by atoms with van der Waals surface area (Å²) in [6.07, 6.45) is 3.13. The largest absolute Gasteiger partial charge is 0.377 e. The minimum atomic E-state index is 0.169. The second kappa shape index (κ2) is 6.60. The summed E-state index contributed by atoms with van der Waals surface area (Å²) in [5.74, 6) is 0. The Morgan fingerprint density at radius 1 is 1.50 bits per heavy atom. The molecule has 92 valence electrons. The molecule has 0 amide bonds. The first-order valence-corrected chi connectivity index (χ1v) is 5.84. The van der Waals surface area contributed by atoms with Gasteiger partial charge in [0.05, 0.1) is 30.6 Å². The van der Waals surface area contributed by atoms with E-state index in [4.69, 9.17) is 4.74 Å². The fourth-order valence-electron chi connectivity index (χ4n) is 1.47. The van der Waals surface area contributed by atoms with Gasteiger partial charge in [-0.3, -0.25) is 4.68 Å². The van der Waals surface area contributed by atoms with Gasteiger partial charge in [-0.15, -0.1) is 5.10 Å². The lowest BCUT2D eigenvalue weighted by Gasteiger charge is -2.19. The van der Waals surface area contributed by atoms with Crippen LogP contribution in [-0.2, 0) is 11.8 Å². The number of aromatic nitrogens is 3. The number of hydrogen-bond donors (Lipinski definition) is 1. The molecule has 0 aliphatic carbocycles. The molecule has 5 nitrogen and oxygen atoms in total. The Hall–Kier alpha value is -0.940. The Labute approximate surface area is 97.2 Å². The molecule has 1 unspecified atom stereocenters. The van der Waals surface area contributed by atoms with Crippen molar-refractivity contribution in [3.05, 3.63) is 11.9 Å². The minimum Gasteiger partial charge on any atom is -0.377 e. The number of rotatable bonds is 7. The van der Waals surface area contributed by atoms with Crippen LogP contribution in [0.5, 0.6) is 0 Å². The number of nitrogens with zero attached hydrogens (tertiary/aromatic N) is 3. The van der Waals surface area contributed by atoms with E-state index in [2.05, 4.69) is 22.6 Å². The molecule has 0 fully saturated rings. The molecule has 0 saturated carbocycles. The first kappa shape index (κ1) is 13.1. The Morgan fingerprint density at radius 2 is 2.25 bits per heavy atom. The normalized spacial score (nSPS) is 13.3. The van der Waals surface area contributed by atoms with Crippen molar-refractivity contribution in [2.45, 2.75) is 39.3 Å². The van der Waals surface area contributed by atoms with Gasteiger partial charge in [-0.1, -0.05) is 12.1 Å². The monoisotopic (exact) mass is 226 g/mol. The zero-order valence-electron chi connectivity index (χ0n) is 10.6. The smallest absolute Gasteiger partial charge is 0.0776 e.